The summed E-state index contributed by atoms with van der Waals surface area (Å²) in [5, 5.41) is 8.32. The lowest BCUT2D eigenvalue weighted by Gasteiger charge is -2.12. The van der Waals surface area contributed by atoms with Crippen LogP contribution < -0.4 is 10.5 Å². The van der Waals surface area contributed by atoms with Gasteiger partial charge in [0.2, 0.25) is 0 Å². The van der Waals surface area contributed by atoms with Crippen LogP contribution in [0.15, 0.2) is 36.9 Å². The van der Waals surface area contributed by atoms with Gasteiger partial charge in [0.15, 0.2) is 5.96 Å². The zero-order valence-corrected chi connectivity index (χ0v) is 14.8. The summed E-state index contributed by atoms with van der Waals surface area (Å²) in [6.07, 6.45) is 6.28. The Morgan fingerprint density at radius 1 is 1.46 bits per heavy atom. The summed E-state index contributed by atoms with van der Waals surface area (Å²) >= 11 is 0. The van der Waals surface area contributed by atoms with Crippen LogP contribution in [0, 0.1) is 12.3 Å². The van der Waals surface area contributed by atoms with Crippen molar-refractivity contribution in [1.29, 1.82) is 5.41 Å². The van der Waals surface area contributed by atoms with Crippen molar-refractivity contribution in [3.8, 4) is 5.75 Å². The highest BCUT2D eigenvalue weighted by Crippen LogP contribution is 2.29. The summed E-state index contributed by atoms with van der Waals surface area (Å²) in [6.45, 7) is 3.35. The molecule has 8 nitrogen and oxygen atoms in total. The second-order valence-electron chi connectivity index (χ2n) is 6.10. The van der Waals surface area contributed by atoms with Crippen molar-refractivity contribution in [3.63, 3.8) is 0 Å². The molecule has 0 saturated heterocycles. The number of H-pyrrole nitrogens is 1. The van der Waals surface area contributed by atoms with E-state index in [4.69, 9.17) is 15.9 Å². The Morgan fingerprint density at radius 3 is 2.96 bits per heavy atom. The number of carbonyl (C=O) groups is 1. The fourth-order valence-electron chi connectivity index (χ4n) is 2.71. The van der Waals surface area contributed by atoms with Crippen LogP contribution in [0.3, 0.4) is 0 Å². The van der Waals surface area contributed by atoms with E-state index in [0.717, 1.165) is 34.3 Å². The Bertz CT molecular complexity index is 929. The van der Waals surface area contributed by atoms with Crippen LogP contribution in [0.1, 0.15) is 22.5 Å². The first-order valence-electron chi connectivity index (χ1n) is 8.30. The molecule has 136 valence electrons. The molecule has 0 unspecified atom stereocenters. The summed E-state index contributed by atoms with van der Waals surface area (Å²) < 4.78 is 7.91. The molecule has 26 heavy (non-hydrogen) atoms. The second kappa shape index (κ2) is 7.30. The molecule has 1 aromatic carbocycles. The van der Waals surface area contributed by atoms with Crippen LogP contribution in [0.4, 0.5) is 0 Å². The summed E-state index contributed by atoms with van der Waals surface area (Å²) in [4.78, 5) is 20.6. The van der Waals surface area contributed by atoms with E-state index < -0.39 is 0 Å². The van der Waals surface area contributed by atoms with E-state index in [1.807, 2.05) is 29.8 Å². The van der Waals surface area contributed by atoms with E-state index in [-0.39, 0.29) is 11.9 Å². The molecule has 3 aromatic rings. The maximum atomic E-state index is 12.4. The van der Waals surface area contributed by atoms with E-state index in [2.05, 4.69) is 9.97 Å². The number of aromatic amines is 1. The quantitative estimate of drug-likeness (QED) is 0.357. The highest BCUT2D eigenvalue weighted by molar-refractivity contribution is 6.06. The second-order valence-corrected chi connectivity index (χ2v) is 6.10. The van der Waals surface area contributed by atoms with Gasteiger partial charge in [0.05, 0.1) is 18.5 Å². The van der Waals surface area contributed by atoms with Gasteiger partial charge in [-0.1, -0.05) is 6.07 Å². The lowest BCUT2D eigenvalue weighted by atomic mass is 10.1. The van der Waals surface area contributed by atoms with Crippen molar-refractivity contribution >= 4 is 22.8 Å². The molecule has 0 atom stereocenters. The van der Waals surface area contributed by atoms with Gasteiger partial charge in [-0.15, -0.1) is 0 Å². The molecule has 0 fully saturated rings. The van der Waals surface area contributed by atoms with Gasteiger partial charge in [0.1, 0.15) is 11.4 Å². The molecule has 0 aliphatic rings. The van der Waals surface area contributed by atoms with Crippen molar-refractivity contribution in [1.82, 2.24) is 19.4 Å². The summed E-state index contributed by atoms with van der Waals surface area (Å²) in [5.74, 6) is 0.0290. The van der Waals surface area contributed by atoms with Crippen LogP contribution >= 0.6 is 0 Å². The van der Waals surface area contributed by atoms with Gasteiger partial charge in [-0.25, -0.2) is 4.98 Å². The lowest BCUT2D eigenvalue weighted by Crippen LogP contribution is -2.38. The summed E-state index contributed by atoms with van der Waals surface area (Å²) in [5.41, 5.74) is 7.57. The molecule has 3 rings (SSSR count). The maximum Gasteiger partial charge on any atom is 0.276 e. The number of fused-ring (bicyclic) bond motifs is 1. The topological polar surface area (TPSA) is 113 Å². The highest BCUT2D eigenvalue weighted by atomic mass is 16.5. The number of aryl methyl sites for hydroxylation is 2. The predicted octanol–water partition coefficient (Wildman–Crippen LogP) is 2.11. The van der Waals surface area contributed by atoms with E-state index in [0.29, 0.717) is 18.1 Å². The van der Waals surface area contributed by atoms with Gasteiger partial charge < -0.3 is 20.0 Å². The number of amides is 1. The number of hydrogen-bond acceptors (Lipinski definition) is 4. The van der Waals surface area contributed by atoms with Crippen LogP contribution in [0.2, 0.25) is 0 Å². The molecule has 8 heteroatoms. The molecular formula is C18H22N6O2. The molecule has 4 N–H and O–H groups in total. The van der Waals surface area contributed by atoms with Gasteiger partial charge in [-0.2, -0.15) is 0 Å². The number of nitrogens with one attached hydrogen (secondary N) is 2. The van der Waals surface area contributed by atoms with Gasteiger partial charge in [-0.3, -0.25) is 15.1 Å². The lowest BCUT2D eigenvalue weighted by molar-refractivity contribution is 0.0864. The van der Waals surface area contributed by atoms with E-state index in [1.54, 1.807) is 18.6 Å². The fourth-order valence-corrected chi connectivity index (χ4v) is 2.71. The van der Waals surface area contributed by atoms with Crippen molar-refractivity contribution in [3.05, 3.63) is 48.2 Å². The molecule has 2 aromatic heterocycles. The highest BCUT2D eigenvalue weighted by Gasteiger charge is 2.18. The first-order valence-corrected chi connectivity index (χ1v) is 8.30. The van der Waals surface area contributed by atoms with Crippen LogP contribution in [-0.2, 0) is 6.54 Å². The number of imidazole rings is 1. The van der Waals surface area contributed by atoms with Gasteiger partial charge in [0.25, 0.3) is 5.91 Å². The number of hydrogen-bond donors (Lipinski definition) is 3. The minimum absolute atomic E-state index is 0.304. The number of carbonyl (C=O) groups excluding carboxylic acids is 1. The molecule has 0 spiro atoms. The van der Waals surface area contributed by atoms with Crippen LogP contribution in [-0.4, -0.2) is 45.0 Å². The number of aromatic nitrogens is 3. The Kier molecular flexibility index (Phi) is 4.92. The third-order valence-corrected chi connectivity index (χ3v) is 4.25. The van der Waals surface area contributed by atoms with Gasteiger partial charge in [-0.05, 0) is 31.0 Å². The van der Waals surface area contributed by atoms with Crippen molar-refractivity contribution in [2.45, 2.75) is 19.9 Å². The van der Waals surface area contributed by atoms with Crippen LogP contribution in [0.25, 0.3) is 10.9 Å². The molecule has 0 saturated carbocycles. The molecule has 0 bridgehead atoms. The zero-order valence-electron chi connectivity index (χ0n) is 14.8. The average Bonchev–Trinajstić information content (AvgIpc) is 3.29. The van der Waals surface area contributed by atoms with Gasteiger partial charge in [0, 0.05) is 31.4 Å². The van der Waals surface area contributed by atoms with E-state index >= 15 is 0 Å². The smallest absolute Gasteiger partial charge is 0.276 e. The number of guanidine groups is 1. The first-order chi connectivity index (χ1) is 12.5. The van der Waals surface area contributed by atoms with Gasteiger partial charge >= 0.3 is 0 Å². The third-order valence-electron chi connectivity index (χ3n) is 4.25. The van der Waals surface area contributed by atoms with E-state index in [9.17, 15) is 4.79 Å². The Balaban J connectivity index is 1.77. The number of nitrogens with zero attached hydrogens (tertiary/aromatic N) is 3. The molecule has 0 aliphatic heterocycles. The zero-order chi connectivity index (χ0) is 18.7. The van der Waals surface area contributed by atoms with Crippen molar-refractivity contribution in [2.24, 2.45) is 5.73 Å². The Hall–Kier alpha value is -3.29. The maximum absolute atomic E-state index is 12.4. The molecule has 0 radical (unpaired) electrons. The largest absolute Gasteiger partial charge is 0.491 e. The van der Waals surface area contributed by atoms with E-state index in [1.165, 1.54) is 7.05 Å². The fraction of sp³-hybridized carbons (Fsp3) is 0.278. The number of nitrogens with two attached hydrogens (primary N) is 1. The summed E-state index contributed by atoms with van der Waals surface area (Å²) in [6, 6.07) is 5.63. The normalized spacial score (nSPS) is 10.8. The predicted molar refractivity (Wildman–Crippen MR) is 99.4 cm³/mol. The molecule has 2 heterocycles. The monoisotopic (exact) mass is 354 g/mol. The Morgan fingerprint density at radius 2 is 2.27 bits per heavy atom. The Labute approximate surface area is 151 Å². The standard InChI is InChI=1S/C18H22N6O2/c1-12-4-5-15(26-9-3-7-24-8-6-21-11-24)16-13(12)10-14(22-16)17(25)23(2)18(19)20/h4-6,8,10-11,22H,3,7,9H2,1-2H3,(H3,19,20). The van der Waals surface area contributed by atoms with Crippen LogP contribution in [0.5, 0.6) is 5.75 Å². The molecule has 0 aliphatic carbocycles. The third kappa shape index (κ3) is 3.53. The minimum atomic E-state index is -0.362. The van der Waals surface area contributed by atoms with Crippen molar-refractivity contribution < 1.29 is 9.53 Å². The SMILES string of the molecule is Cc1ccc(OCCCn2ccnc2)c2[nH]c(C(=O)N(C)C(=N)N)cc12. The van der Waals surface area contributed by atoms with Crippen molar-refractivity contribution in [2.75, 3.05) is 13.7 Å². The first kappa shape index (κ1) is 17.5. The number of ether oxygens (including phenoxy) is 1. The average molecular weight is 354 g/mol. The number of rotatable bonds is 6. The molecular weight excluding hydrogens is 332 g/mol. The molecule has 1 amide bonds. The minimum Gasteiger partial charge on any atom is -0.491 e. The number of benzene rings is 1. The summed E-state index contributed by atoms with van der Waals surface area (Å²) in [7, 11) is 1.47.